The van der Waals surface area contributed by atoms with Gasteiger partial charge in [-0.05, 0) is 13.2 Å². The van der Waals surface area contributed by atoms with Crippen LogP contribution < -0.4 is 0 Å². The molecular formula is C17H25NO8S. The van der Waals surface area contributed by atoms with Gasteiger partial charge in [-0.2, -0.15) is 0 Å². The van der Waals surface area contributed by atoms with Gasteiger partial charge < -0.3 is 23.8 Å². The van der Waals surface area contributed by atoms with E-state index in [4.69, 9.17) is 18.9 Å². The molecule has 0 bridgehead atoms. The van der Waals surface area contributed by atoms with Crippen LogP contribution in [0.1, 0.15) is 34.6 Å². The molecule has 0 unspecified atom stereocenters. The Morgan fingerprint density at radius 2 is 1.33 bits per heavy atom. The molecule has 27 heavy (non-hydrogen) atoms. The Labute approximate surface area is 162 Å². The first-order chi connectivity index (χ1) is 12.6. The molecule has 1 amide bonds. The lowest BCUT2D eigenvalue weighted by Crippen LogP contribution is -2.62. The fraction of sp³-hybridized carbons (Fsp3) is 0.765. The third-order valence-corrected chi connectivity index (χ3v) is 5.38. The number of nitrogens with zero attached hydrogens (tertiary/aromatic N) is 1. The van der Waals surface area contributed by atoms with Gasteiger partial charge in [0.1, 0.15) is 11.5 Å². The van der Waals surface area contributed by atoms with Crippen molar-refractivity contribution in [1.82, 2.24) is 4.90 Å². The Hall–Kier alpha value is -1.81. The smallest absolute Gasteiger partial charge is 0.303 e. The molecule has 2 aliphatic heterocycles. The maximum atomic E-state index is 11.8. The van der Waals surface area contributed by atoms with E-state index < -0.39 is 47.8 Å². The molecule has 152 valence electrons. The highest BCUT2D eigenvalue weighted by atomic mass is 32.2. The first kappa shape index (κ1) is 21.5. The minimum atomic E-state index is -1.05. The van der Waals surface area contributed by atoms with Gasteiger partial charge in [0, 0.05) is 27.7 Å². The average Bonchev–Trinajstić information content (AvgIpc) is 3.20. The lowest BCUT2D eigenvalue weighted by Gasteiger charge is -2.44. The fourth-order valence-electron chi connectivity index (χ4n) is 3.57. The van der Waals surface area contributed by atoms with Gasteiger partial charge in [0.05, 0.1) is 12.1 Å². The Kier molecular flexibility index (Phi) is 6.74. The van der Waals surface area contributed by atoms with Crippen LogP contribution in [0, 0.1) is 0 Å². The zero-order chi connectivity index (χ0) is 20.5. The van der Waals surface area contributed by atoms with E-state index >= 15 is 0 Å². The largest absolute Gasteiger partial charge is 0.456 e. The van der Waals surface area contributed by atoms with Crippen molar-refractivity contribution >= 4 is 35.6 Å². The summed E-state index contributed by atoms with van der Waals surface area (Å²) in [4.78, 5) is 48.4. The predicted molar refractivity (Wildman–Crippen MR) is 94.6 cm³/mol. The van der Waals surface area contributed by atoms with Crippen molar-refractivity contribution in [2.45, 2.75) is 76.6 Å². The van der Waals surface area contributed by atoms with Crippen molar-refractivity contribution in [3.8, 4) is 0 Å². The first-order valence-corrected chi connectivity index (χ1v) is 9.86. The molecule has 2 aliphatic rings. The lowest BCUT2D eigenvalue weighted by atomic mass is 9.95. The quantitative estimate of drug-likeness (QED) is 0.368. The summed E-state index contributed by atoms with van der Waals surface area (Å²) in [5.41, 5.74) is -0.656. The van der Waals surface area contributed by atoms with E-state index in [0.717, 1.165) is 0 Å². The highest BCUT2D eigenvalue weighted by molar-refractivity contribution is 7.99. The Morgan fingerprint density at radius 1 is 0.852 bits per heavy atom. The molecule has 0 aromatic carbocycles. The van der Waals surface area contributed by atoms with E-state index in [2.05, 4.69) is 0 Å². The molecule has 2 saturated heterocycles. The standard InChI is InChI=1S/C17H25NO8S/c1-7-12(18(7)8(2)19)13-14(23-9(3)20)15(24-10(4)21)16(25-11(5)22)17(26-13)27-6/h7,12-17H,1-6H3/t7-,12-,13+,14-,15-,16+,17-,18?/m0/s1. The van der Waals surface area contributed by atoms with Crippen LogP contribution in [-0.4, -0.2) is 76.9 Å². The summed E-state index contributed by atoms with van der Waals surface area (Å²) in [7, 11) is 0. The van der Waals surface area contributed by atoms with Gasteiger partial charge in [0.15, 0.2) is 18.3 Å². The van der Waals surface area contributed by atoms with E-state index in [1.807, 2.05) is 6.92 Å². The van der Waals surface area contributed by atoms with Crippen molar-refractivity contribution in [2.24, 2.45) is 0 Å². The third kappa shape index (κ3) is 4.73. The van der Waals surface area contributed by atoms with Crippen molar-refractivity contribution in [3.05, 3.63) is 0 Å². The number of thioether (sulfide) groups is 1. The third-order valence-electron chi connectivity index (χ3n) is 4.53. The van der Waals surface area contributed by atoms with Crippen molar-refractivity contribution in [1.29, 1.82) is 0 Å². The van der Waals surface area contributed by atoms with Gasteiger partial charge in [-0.25, -0.2) is 0 Å². The Bertz CT molecular complexity index is 626. The zero-order valence-corrected chi connectivity index (χ0v) is 17.0. The Balaban J connectivity index is 2.41. The van der Waals surface area contributed by atoms with E-state index in [1.54, 1.807) is 11.2 Å². The van der Waals surface area contributed by atoms with Crippen LogP contribution >= 0.6 is 11.8 Å². The van der Waals surface area contributed by atoms with Gasteiger partial charge >= 0.3 is 17.9 Å². The SMILES string of the molecule is CS[C@@H]1O[C@H]([C@@H]2[C@H](C)N2C(C)=O)[C@H](OC(C)=O)[C@H](OC(C)=O)[C@H]1OC(C)=O. The highest BCUT2D eigenvalue weighted by Crippen LogP contribution is 2.41. The fourth-order valence-corrected chi connectivity index (χ4v) is 4.29. The molecule has 2 heterocycles. The molecule has 10 heteroatoms. The molecule has 7 atom stereocenters. The average molecular weight is 403 g/mol. The number of carbonyl (C=O) groups is 4. The number of ether oxygens (including phenoxy) is 4. The first-order valence-electron chi connectivity index (χ1n) is 8.57. The van der Waals surface area contributed by atoms with Gasteiger partial charge in [-0.3, -0.25) is 19.2 Å². The van der Waals surface area contributed by atoms with E-state index in [1.165, 1.54) is 39.5 Å². The summed E-state index contributed by atoms with van der Waals surface area (Å²) in [6.45, 7) is 6.97. The second kappa shape index (κ2) is 8.47. The van der Waals surface area contributed by atoms with Crippen molar-refractivity contribution < 1.29 is 38.1 Å². The molecule has 9 nitrogen and oxygen atoms in total. The summed E-state index contributed by atoms with van der Waals surface area (Å²) < 4.78 is 22.2. The van der Waals surface area contributed by atoms with Gasteiger partial charge in [-0.1, -0.05) is 0 Å². The lowest BCUT2D eigenvalue weighted by molar-refractivity contribution is -0.232. The summed E-state index contributed by atoms with van der Waals surface area (Å²) >= 11 is 1.27. The van der Waals surface area contributed by atoms with Crippen LogP contribution in [0.25, 0.3) is 0 Å². The molecule has 0 radical (unpaired) electrons. The zero-order valence-electron chi connectivity index (χ0n) is 16.2. The summed E-state index contributed by atoms with van der Waals surface area (Å²) in [6, 6.07) is -0.450. The number of esters is 3. The maximum Gasteiger partial charge on any atom is 0.303 e. The molecule has 0 saturated carbocycles. The van der Waals surface area contributed by atoms with Crippen LogP contribution in [0.15, 0.2) is 0 Å². The molecule has 0 aromatic rings. The van der Waals surface area contributed by atoms with E-state index in [0.29, 0.717) is 0 Å². The normalized spacial score (nSPS) is 35.2. The van der Waals surface area contributed by atoms with Crippen LogP contribution in [0.2, 0.25) is 0 Å². The number of rotatable bonds is 5. The molecule has 0 aromatic heterocycles. The molecule has 0 spiro atoms. The van der Waals surface area contributed by atoms with Gasteiger partial charge in [0.2, 0.25) is 5.91 Å². The summed E-state index contributed by atoms with van der Waals surface area (Å²) in [6.07, 6.45) is -1.99. The number of hydrogen-bond donors (Lipinski definition) is 0. The molecule has 2 fully saturated rings. The van der Waals surface area contributed by atoms with Crippen LogP contribution in [0.4, 0.5) is 0 Å². The van der Waals surface area contributed by atoms with Crippen molar-refractivity contribution in [3.63, 3.8) is 0 Å². The highest BCUT2D eigenvalue weighted by Gasteiger charge is 2.61. The number of carbonyl (C=O) groups excluding carboxylic acids is 4. The summed E-state index contributed by atoms with van der Waals surface area (Å²) in [5.74, 6) is -1.92. The molecular weight excluding hydrogens is 378 g/mol. The second-order valence-electron chi connectivity index (χ2n) is 6.58. The van der Waals surface area contributed by atoms with Crippen LogP contribution in [0.5, 0.6) is 0 Å². The van der Waals surface area contributed by atoms with Crippen LogP contribution in [0.3, 0.4) is 0 Å². The maximum absolute atomic E-state index is 11.8. The van der Waals surface area contributed by atoms with Crippen molar-refractivity contribution in [2.75, 3.05) is 6.26 Å². The van der Waals surface area contributed by atoms with Crippen LogP contribution in [-0.2, 0) is 38.1 Å². The Morgan fingerprint density at radius 3 is 1.74 bits per heavy atom. The number of amides is 1. The molecule has 0 N–H and O–H groups in total. The summed E-state index contributed by atoms with van der Waals surface area (Å²) in [5, 5.41) is 0. The number of hydrogen-bond acceptors (Lipinski definition) is 9. The predicted octanol–water partition coefficient (Wildman–Crippen LogP) is 0.489. The molecule has 2 rings (SSSR count). The van der Waals surface area contributed by atoms with Gasteiger partial charge in [0.25, 0.3) is 0 Å². The second-order valence-corrected chi connectivity index (χ2v) is 7.52. The topological polar surface area (TPSA) is 108 Å². The van der Waals surface area contributed by atoms with E-state index in [9.17, 15) is 19.2 Å². The molecule has 0 aliphatic carbocycles. The minimum absolute atomic E-state index is 0.115. The van der Waals surface area contributed by atoms with Gasteiger partial charge in [-0.15, -0.1) is 11.8 Å². The van der Waals surface area contributed by atoms with E-state index in [-0.39, 0.29) is 18.0 Å². The monoisotopic (exact) mass is 403 g/mol. The minimum Gasteiger partial charge on any atom is -0.456 e.